The average molecular weight is 310 g/mol. The lowest BCUT2D eigenvalue weighted by Gasteiger charge is -2.44. The molecule has 1 aliphatic heterocycles. The summed E-state index contributed by atoms with van der Waals surface area (Å²) in [6.07, 6.45) is 6.74. The highest BCUT2D eigenvalue weighted by molar-refractivity contribution is 5.74. The van der Waals surface area contributed by atoms with Crippen molar-refractivity contribution in [1.82, 2.24) is 20.3 Å². The molecular weight excluding hydrogens is 292 g/mol. The van der Waals surface area contributed by atoms with E-state index in [0.29, 0.717) is 12.4 Å². The number of nitrogens with one attached hydrogen (secondary N) is 1. The lowest BCUT2D eigenvalue weighted by Crippen LogP contribution is -2.55. The van der Waals surface area contributed by atoms with Crippen molar-refractivity contribution < 1.29 is 9.90 Å². The third kappa shape index (κ3) is 2.05. The monoisotopic (exact) mass is 310 g/mol. The second-order valence-electron chi connectivity index (χ2n) is 6.32. The maximum absolute atomic E-state index is 12.1. The van der Waals surface area contributed by atoms with E-state index in [1.165, 1.54) is 0 Å². The molecule has 4 atom stereocenters. The molecule has 2 N–H and O–H groups in total. The molecule has 1 saturated carbocycles. The van der Waals surface area contributed by atoms with E-state index in [-0.39, 0.29) is 12.0 Å². The third-order valence-corrected chi connectivity index (χ3v) is 5.29. The average Bonchev–Trinajstić information content (AvgIpc) is 2.88. The van der Waals surface area contributed by atoms with Crippen LogP contribution in [0.3, 0.4) is 0 Å². The molecule has 1 aliphatic carbocycles. The fourth-order valence-corrected chi connectivity index (χ4v) is 4.42. The molecule has 1 saturated heterocycles. The third-order valence-electron chi connectivity index (χ3n) is 5.29. The Balaban J connectivity index is 1.90. The normalized spacial score (nSPS) is 32.6. The largest absolute Gasteiger partial charge is 0.481 e. The minimum atomic E-state index is -0.762. The van der Waals surface area contributed by atoms with Gasteiger partial charge in [-0.3, -0.25) is 9.78 Å². The zero-order valence-corrected chi connectivity index (χ0v) is 12.6. The van der Waals surface area contributed by atoms with Crippen LogP contribution in [-0.2, 0) is 10.2 Å². The number of piperidine rings is 1. The Labute approximate surface area is 134 Å². The number of pyridine rings is 1. The summed E-state index contributed by atoms with van der Waals surface area (Å²) in [5.74, 6) is -0.533. The summed E-state index contributed by atoms with van der Waals surface area (Å²) in [4.78, 5) is 25.4. The topological polar surface area (TPSA) is 88.0 Å². The van der Waals surface area contributed by atoms with E-state index >= 15 is 0 Å². The Morgan fingerprint density at radius 3 is 2.65 bits per heavy atom. The number of carboxylic acid groups (broad SMARTS) is 1. The minimum absolute atomic E-state index is 0.108. The number of fused-ring (bicyclic) bond motifs is 2. The lowest BCUT2D eigenvalue weighted by molar-refractivity contribution is -0.147. The van der Waals surface area contributed by atoms with E-state index in [1.54, 1.807) is 24.7 Å². The van der Waals surface area contributed by atoms with E-state index in [2.05, 4.69) is 20.3 Å². The zero-order valence-electron chi connectivity index (χ0n) is 12.6. The van der Waals surface area contributed by atoms with Crippen LogP contribution in [0.15, 0.2) is 42.9 Å². The highest BCUT2D eigenvalue weighted by atomic mass is 16.4. The van der Waals surface area contributed by atoms with Gasteiger partial charge in [0, 0.05) is 18.6 Å². The molecule has 0 radical (unpaired) electrons. The first-order chi connectivity index (χ1) is 11.2. The van der Waals surface area contributed by atoms with Gasteiger partial charge >= 0.3 is 5.97 Å². The second-order valence-corrected chi connectivity index (χ2v) is 6.32. The molecule has 2 aromatic heterocycles. The Morgan fingerprint density at radius 2 is 1.96 bits per heavy atom. The molecule has 0 aromatic carbocycles. The molecule has 23 heavy (non-hydrogen) atoms. The molecule has 0 amide bonds. The maximum Gasteiger partial charge on any atom is 0.307 e. The SMILES string of the molecule is O=C(O)C1C2CCC1(c1ncccn1)C(c1ccccn1)NC2. The molecule has 0 spiro atoms. The summed E-state index contributed by atoms with van der Waals surface area (Å²) in [7, 11) is 0. The first-order valence-electron chi connectivity index (χ1n) is 7.88. The fraction of sp³-hybridized carbons (Fsp3) is 0.412. The van der Waals surface area contributed by atoms with E-state index in [4.69, 9.17) is 0 Å². The first kappa shape index (κ1) is 14.3. The molecular formula is C17H18N4O2. The highest BCUT2D eigenvalue weighted by Crippen LogP contribution is 2.56. The van der Waals surface area contributed by atoms with Crippen molar-refractivity contribution >= 4 is 5.97 Å². The van der Waals surface area contributed by atoms with Crippen molar-refractivity contribution in [3.63, 3.8) is 0 Å². The van der Waals surface area contributed by atoms with Gasteiger partial charge in [0.1, 0.15) is 5.82 Å². The van der Waals surface area contributed by atoms with Gasteiger partial charge in [-0.1, -0.05) is 6.07 Å². The van der Waals surface area contributed by atoms with Gasteiger partial charge in [-0.2, -0.15) is 0 Å². The molecule has 2 bridgehead atoms. The molecule has 4 rings (SSSR count). The van der Waals surface area contributed by atoms with Gasteiger partial charge in [-0.25, -0.2) is 9.97 Å². The Bertz CT molecular complexity index is 707. The molecule has 2 aliphatic rings. The minimum Gasteiger partial charge on any atom is -0.481 e. The number of carboxylic acids is 1. The van der Waals surface area contributed by atoms with Crippen LogP contribution < -0.4 is 5.32 Å². The summed E-state index contributed by atoms with van der Waals surface area (Å²) >= 11 is 0. The number of carbonyl (C=O) groups is 1. The molecule has 4 unspecified atom stereocenters. The first-order valence-corrected chi connectivity index (χ1v) is 7.88. The van der Waals surface area contributed by atoms with E-state index in [1.807, 2.05) is 18.2 Å². The van der Waals surface area contributed by atoms with Crippen LogP contribution in [0.2, 0.25) is 0 Å². The maximum atomic E-state index is 12.1. The van der Waals surface area contributed by atoms with E-state index in [0.717, 1.165) is 18.5 Å². The van der Waals surface area contributed by atoms with Gasteiger partial charge in [0.2, 0.25) is 0 Å². The number of rotatable bonds is 3. The van der Waals surface area contributed by atoms with Gasteiger partial charge < -0.3 is 10.4 Å². The molecule has 6 nitrogen and oxygen atoms in total. The quantitative estimate of drug-likeness (QED) is 0.894. The molecule has 2 fully saturated rings. The summed E-state index contributed by atoms with van der Waals surface area (Å²) < 4.78 is 0. The molecule has 118 valence electrons. The van der Waals surface area contributed by atoms with Crippen molar-refractivity contribution in [2.45, 2.75) is 24.3 Å². The molecule has 3 heterocycles. The van der Waals surface area contributed by atoms with Crippen LogP contribution in [0, 0.1) is 11.8 Å². The number of aliphatic carboxylic acids is 1. The lowest BCUT2D eigenvalue weighted by atomic mass is 9.66. The fourth-order valence-electron chi connectivity index (χ4n) is 4.42. The van der Waals surface area contributed by atoms with Crippen molar-refractivity contribution in [2.75, 3.05) is 6.54 Å². The van der Waals surface area contributed by atoms with Crippen LogP contribution in [0.1, 0.15) is 30.4 Å². The summed E-state index contributed by atoms with van der Waals surface area (Å²) in [5, 5.41) is 13.4. The predicted octanol–water partition coefficient (Wildman–Crippen LogP) is 1.56. The van der Waals surface area contributed by atoms with Crippen molar-refractivity contribution in [3.8, 4) is 0 Å². The number of nitrogens with zero attached hydrogens (tertiary/aromatic N) is 3. The Morgan fingerprint density at radius 1 is 1.17 bits per heavy atom. The van der Waals surface area contributed by atoms with Crippen molar-refractivity contribution in [2.24, 2.45) is 11.8 Å². The number of aromatic nitrogens is 3. The predicted molar refractivity (Wildman–Crippen MR) is 82.5 cm³/mol. The number of hydrogen-bond acceptors (Lipinski definition) is 5. The van der Waals surface area contributed by atoms with Crippen LogP contribution >= 0.6 is 0 Å². The van der Waals surface area contributed by atoms with Gasteiger partial charge in [0.15, 0.2) is 0 Å². The Hall–Kier alpha value is -2.34. The summed E-state index contributed by atoms with van der Waals surface area (Å²) in [5.41, 5.74) is 0.205. The van der Waals surface area contributed by atoms with Gasteiger partial charge in [0.25, 0.3) is 0 Å². The van der Waals surface area contributed by atoms with Gasteiger partial charge in [0.05, 0.1) is 23.1 Å². The summed E-state index contributed by atoms with van der Waals surface area (Å²) in [6.45, 7) is 0.687. The smallest absolute Gasteiger partial charge is 0.307 e. The van der Waals surface area contributed by atoms with Crippen LogP contribution in [0.5, 0.6) is 0 Å². The Kier molecular flexibility index (Phi) is 3.34. The highest BCUT2D eigenvalue weighted by Gasteiger charge is 2.62. The molecule has 6 heteroatoms. The van der Waals surface area contributed by atoms with Crippen LogP contribution in [0.25, 0.3) is 0 Å². The van der Waals surface area contributed by atoms with Gasteiger partial charge in [-0.15, -0.1) is 0 Å². The van der Waals surface area contributed by atoms with Crippen LogP contribution in [0.4, 0.5) is 0 Å². The second kappa shape index (κ2) is 5.38. The van der Waals surface area contributed by atoms with Crippen molar-refractivity contribution in [1.29, 1.82) is 0 Å². The number of hydrogen-bond donors (Lipinski definition) is 2. The zero-order chi connectivity index (χ0) is 15.9. The standard InChI is InChI=1S/C17H18N4O2/c22-15(23)13-11-5-6-17(13,16-19-8-3-9-20-16)14(21-10-11)12-4-1-2-7-18-12/h1-4,7-9,11,13-14,21H,5-6,10H2,(H,22,23). The van der Waals surface area contributed by atoms with E-state index in [9.17, 15) is 9.90 Å². The van der Waals surface area contributed by atoms with E-state index < -0.39 is 17.3 Å². The van der Waals surface area contributed by atoms with Crippen molar-refractivity contribution in [3.05, 3.63) is 54.4 Å². The van der Waals surface area contributed by atoms with Crippen LogP contribution in [-0.4, -0.2) is 32.6 Å². The van der Waals surface area contributed by atoms with Gasteiger partial charge in [-0.05, 0) is 43.5 Å². The summed E-state index contributed by atoms with van der Waals surface area (Å²) in [6, 6.07) is 7.31. The molecule has 2 aromatic rings.